The van der Waals surface area contributed by atoms with E-state index in [-0.39, 0.29) is 11.8 Å². The van der Waals surface area contributed by atoms with E-state index in [1.165, 1.54) is 0 Å². The maximum atomic E-state index is 9.67. The van der Waals surface area contributed by atoms with Crippen molar-refractivity contribution in [3.8, 4) is 5.75 Å². The third-order valence-corrected chi connectivity index (χ3v) is 2.79. The summed E-state index contributed by atoms with van der Waals surface area (Å²) in [7, 11) is 0. The van der Waals surface area contributed by atoms with Gasteiger partial charge in [-0.2, -0.15) is 0 Å². The molecule has 0 bridgehead atoms. The zero-order valence-corrected chi connectivity index (χ0v) is 9.47. The standard InChI is InChI=1S/C11H16ClNO/c1-6(2)11(13)8-4-7(3)9(12)5-10(8)14/h4-6,11,14H,13H2,1-3H3/t11-/m0/s1. The molecular weight excluding hydrogens is 198 g/mol. The van der Waals surface area contributed by atoms with Crippen LogP contribution in [0.5, 0.6) is 5.75 Å². The normalized spacial score (nSPS) is 13.3. The van der Waals surface area contributed by atoms with E-state index < -0.39 is 0 Å². The molecule has 1 aromatic rings. The summed E-state index contributed by atoms with van der Waals surface area (Å²) in [6, 6.07) is 3.25. The Hall–Kier alpha value is -0.730. The maximum Gasteiger partial charge on any atom is 0.121 e. The number of phenolic OH excluding ortho intramolecular Hbond substituents is 1. The van der Waals surface area contributed by atoms with Gasteiger partial charge < -0.3 is 10.8 Å². The molecule has 0 amide bonds. The van der Waals surface area contributed by atoms with Crippen molar-refractivity contribution in [2.45, 2.75) is 26.8 Å². The predicted octanol–water partition coefficient (Wildman–Crippen LogP) is 3.01. The zero-order chi connectivity index (χ0) is 10.9. The van der Waals surface area contributed by atoms with Crippen LogP contribution in [0.3, 0.4) is 0 Å². The molecule has 0 heterocycles. The van der Waals surface area contributed by atoms with Crippen LogP contribution in [0, 0.1) is 12.8 Å². The first-order chi connectivity index (χ1) is 6.43. The molecule has 3 N–H and O–H groups in total. The average Bonchev–Trinajstić information content (AvgIpc) is 2.10. The SMILES string of the molecule is Cc1cc([C@@H](N)C(C)C)c(O)cc1Cl. The van der Waals surface area contributed by atoms with E-state index in [1.54, 1.807) is 6.07 Å². The number of aromatic hydroxyl groups is 1. The molecule has 14 heavy (non-hydrogen) atoms. The molecule has 0 saturated heterocycles. The van der Waals surface area contributed by atoms with Gasteiger partial charge >= 0.3 is 0 Å². The Kier molecular flexibility index (Phi) is 3.40. The molecule has 3 heteroatoms. The van der Waals surface area contributed by atoms with Crippen LogP contribution in [0.4, 0.5) is 0 Å². The van der Waals surface area contributed by atoms with E-state index in [9.17, 15) is 5.11 Å². The number of phenols is 1. The van der Waals surface area contributed by atoms with Gasteiger partial charge in [0.05, 0.1) is 0 Å². The minimum atomic E-state index is -0.147. The summed E-state index contributed by atoms with van der Waals surface area (Å²) in [6.07, 6.45) is 0. The second-order valence-electron chi connectivity index (χ2n) is 3.93. The number of halogens is 1. The van der Waals surface area contributed by atoms with E-state index in [0.29, 0.717) is 10.9 Å². The highest BCUT2D eigenvalue weighted by Crippen LogP contribution is 2.31. The van der Waals surface area contributed by atoms with Crippen molar-refractivity contribution in [2.75, 3.05) is 0 Å². The Morgan fingerprint density at radius 2 is 1.93 bits per heavy atom. The highest BCUT2D eigenvalue weighted by Gasteiger charge is 2.15. The number of nitrogens with two attached hydrogens (primary N) is 1. The minimum absolute atomic E-state index is 0.147. The molecule has 1 aromatic carbocycles. The average molecular weight is 214 g/mol. The van der Waals surface area contributed by atoms with Crippen molar-refractivity contribution >= 4 is 11.6 Å². The fourth-order valence-electron chi connectivity index (χ4n) is 1.32. The van der Waals surface area contributed by atoms with Crippen LogP contribution in [0.2, 0.25) is 5.02 Å². The number of hydrogen-bond donors (Lipinski definition) is 2. The lowest BCUT2D eigenvalue weighted by atomic mass is 9.95. The third-order valence-electron chi connectivity index (χ3n) is 2.39. The molecule has 0 aromatic heterocycles. The quantitative estimate of drug-likeness (QED) is 0.794. The highest BCUT2D eigenvalue weighted by molar-refractivity contribution is 6.31. The van der Waals surface area contributed by atoms with E-state index in [4.69, 9.17) is 17.3 Å². The molecule has 78 valence electrons. The molecular formula is C11H16ClNO. The van der Waals surface area contributed by atoms with Crippen molar-refractivity contribution in [3.05, 3.63) is 28.3 Å². The Bertz CT molecular complexity index is 336. The molecule has 0 aliphatic carbocycles. The van der Waals surface area contributed by atoms with E-state index in [1.807, 2.05) is 26.8 Å². The van der Waals surface area contributed by atoms with E-state index in [0.717, 1.165) is 11.1 Å². The first-order valence-electron chi connectivity index (χ1n) is 4.68. The summed E-state index contributed by atoms with van der Waals surface area (Å²) >= 11 is 5.87. The van der Waals surface area contributed by atoms with Gasteiger partial charge in [0.15, 0.2) is 0 Å². The summed E-state index contributed by atoms with van der Waals surface area (Å²) in [4.78, 5) is 0. The summed E-state index contributed by atoms with van der Waals surface area (Å²) in [6.45, 7) is 5.94. The topological polar surface area (TPSA) is 46.2 Å². The molecule has 0 radical (unpaired) electrons. The summed E-state index contributed by atoms with van der Waals surface area (Å²) in [5.41, 5.74) is 7.66. The minimum Gasteiger partial charge on any atom is -0.508 e. The fraction of sp³-hybridized carbons (Fsp3) is 0.455. The molecule has 1 atom stereocenters. The van der Waals surface area contributed by atoms with Gasteiger partial charge in [0, 0.05) is 16.6 Å². The third kappa shape index (κ3) is 2.20. The Balaban J connectivity index is 3.15. The van der Waals surface area contributed by atoms with Gasteiger partial charge in [-0.05, 0) is 30.5 Å². The Morgan fingerprint density at radius 3 is 2.43 bits per heavy atom. The molecule has 0 aliphatic rings. The monoisotopic (exact) mass is 213 g/mol. The van der Waals surface area contributed by atoms with Gasteiger partial charge in [-0.3, -0.25) is 0 Å². The van der Waals surface area contributed by atoms with Crippen LogP contribution < -0.4 is 5.73 Å². The lowest BCUT2D eigenvalue weighted by Crippen LogP contribution is -2.16. The van der Waals surface area contributed by atoms with Crippen LogP contribution in [-0.2, 0) is 0 Å². The lowest BCUT2D eigenvalue weighted by Gasteiger charge is -2.18. The second kappa shape index (κ2) is 4.20. The largest absolute Gasteiger partial charge is 0.508 e. The molecule has 0 saturated carbocycles. The van der Waals surface area contributed by atoms with Crippen molar-refractivity contribution in [3.63, 3.8) is 0 Å². The molecule has 0 unspecified atom stereocenters. The van der Waals surface area contributed by atoms with Crippen LogP contribution in [0.1, 0.15) is 31.0 Å². The number of rotatable bonds is 2. The van der Waals surface area contributed by atoms with Crippen molar-refractivity contribution < 1.29 is 5.11 Å². The Morgan fingerprint density at radius 1 is 1.36 bits per heavy atom. The summed E-state index contributed by atoms with van der Waals surface area (Å²) in [5.74, 6) is 0.475. The molecule has 0 fully saturated rings. The van der Waals surface area contributed by atoms with Crippen LogP contribution in [0.25, 0.3) is 0 Å². The summed E-state index contributed by atoms with van der Waals surface area (Å²) in [5, 5.41) is 10.2. The van der Waals surface area contributed by atoms with Gasteiger partial charge in [0.25, 0.3) is 0 Å². The first-order valence-corrected chi connectivity index (χ1v) is 5.06. The van der Waals surface area contributed by atoms with Crippen molar-refractivity contribution in [1.29, 1.82) is 0 Å². The Labute approximate surface area is 89.7 Å². The lowest BCUT2D eigenvalue weighted by molar-refractivity contribution is 0.439. The maximum absolute atomic E-state index is 9.67. The number of hydrogen-bond acceptors (Lipinski definition) is 2. The van der Waals surface area contributed by atoms with Crippen LogP contribution in [0.15, 0.2) is 12.1 Å². The highest BCUT2D eigenvalue weighted by atomic mass is 35.5. The molecule has 0 aliphatic heterocycles. The van der Waals surface area contributed by atoms with Gasteiger partial charge in [-0.15, -0.1) is 0 Å². The smallest absolute Gasteiger partial charge is 0.121 e. The van der Waals surface area contributed by atoms with Gasteiger partial charge in [-0.1, -0.05) is 25.4 Å². The zero-order valence-electron chi connectivity index (χ0n) is 8.71. The first kappa shape index (κ1) is 11.3. The van der Waals surface area contributed by atoms with E-state index in [2.05, 4.69) is 0 Å². The summed E-state index contributed by atoms with van der Waals surface area (Å²) < 4.78 is 0. The second-order valence-corrected chi connectivity index (χ2v) is 4.34. The van der Waals surface area contributed by atoms with Crippen LogP contribution in [-0.4, -0.2) is 5.11 Å². The number of aryl methyl sites for hydroxylation is 1. The molecule has 0 spiro atoms. The van der Waals surface area contributed by atoms with Crippen molar-refractivity contribution in [1.82, 2.24) is 0 Å². The number of benzene rings is 1. The molecule has 1 rings (SSSR count). The van der Waals surface area contributed by atoms with Gasteiger partial charge in [0.2, 0.25) is 0 Å². The van der Waals surface area contributed by atoms with Gasteiger partial charge in [0.1, 0.15) is 5.75 Å². The van der Waals surface area contributed by atoms with E-state index >= 15 is 0 Å². The van der Waals surface area contributed by atoms with Gasteiger partial charge in [-0.25, -0.2) is 0 Å². The fourth-order valence-corrected chi connectivity index (χ4v) is 1.48. The molecule has 2 nitrogen and oxygen atoms in total. The van der Waals surface area contributed by atoms with Crippen LogP contribution >= 0.6 is 11.6 Å². The predicted molar refractivity (Wildman–Crippen MR) is 59.6 cm³/mol. The van der Waals surface area contributed by atoms with Crippen molar-refractivity contribution in [2.24, 2.45) is 11.7 Å².